The minimum absolute atomic E-state index is 0.146. The zero-order chi connectivity index (χ0) is 27.7. The van der Waals surface area contributed by atoms with Crippen molar-refractivity contribution in [3.05, 3.63) is 108 Å². The summed E-state index contributed by atoms with van der Waals surface area (Å²) < 4.78 is 54.3. The summed E-state index contributed by atoms with van der Waals surface area (Å²) >= 11 is 0. The molecule has 5 atom stereocenters. The third-order valence-corrected chi connectivity index (χ3v) is 7.39. The maximum atomic E-state index is 12.9. The maximum Gasteiger partial charge on any atom is 0.337 e. The normalized spacial score (nSPS) is 23.3. The van der Waals surface area contributed by atoms with E-state index in [0.717, 1.165) is 16.7 Å². The van der Waals surface area contributed by atoms with E-state index in [1.165, 1.54) is 7.11 Å². The van der Waals surface area contributed by atoms with Crippen LogP contribution in [0.5, 0.6) is 0 Å². The third-order valence-electron chi connectivity index (χ3n) is 6.29. The molecule has 8 nitrogen and oxygen atoms in total. The lowest BCUT2D eigenvalue weighted by atomic mass is 9.94. The van der Waals surface area contributed by atoms with Crippen LogP contribution < -0.4 is 0 Å². The smallest absolute Gasteiger partial charge is 0.337 e. The molecule has 1 saturated heterocycles. The van der Waals surface area contributed by atoms with E-state index in [1.54, 1.807) is 0 Å². The first kappa shape index (κ1) is 29.2. The van der Waals surface area contributed by atoms with Crippen molar-refractivity contribution in [2.24, 2.45) is 0 Å². The fourth-order valence-corrected chi connectivity index (χ4v) is 5.46. The van der Waals surface area contributed by atoms with Gasteiger partial charge in [-0.25, -0.2) is 13.2 Å². The summed E-state index contributed by atoms with van der Waals surface area (Å²) in [6.45, 7) is 0.459. The van der Waals surface area contributed by atoms with Gasteiger partial charge in [0.25, 0.3) is 0 Å². The summed E-state index contributed by atoms with van der Waals surface area (Å²) in [6, 6.07) is 28.3. The fourth-order valence-electron chi connectivity index (χ4n) is 4.42. The van der Waals surface area contributed by atoms with Crippen LogP contribution in [-0.2, 0) is 57.4 Å². The van der Waals surface area contributed by atoms with Gasteiger partial charge in [0, 0.05) is 10.7 Å². The van der Waals surface area contributed by atoms with Crippen molar-refractivity contribution in [2.45, 2.75) is 50.3 Å². The lowest BCUT2D eigenvalue weighted by Crippen LogP contribution is -2.63. The fraction of sp³-hybridized carbons (Fsp3) is 0.345. The van der Waals surface area contributed by atoms with E-state index in [9.17, 15) is 13.2 Å². The minimum atomic E-state index is -4.04. The molecule has 208 valence electrons. The first-order chi connectivity index (χ1) is 18.8. The van der Waals surface area contributed by atoms with Crippen molar-refractivity contribution in [2.75, 3.05) is 12.9 Å². The van der Waals surface area contributed by atoms with E-state index in [2.05, 4.69) is 0 Å². The van der Waals surface area contributed by atoms with Gasteiger partial charge >= 0.3 is 5.97 Å². The number of benzene rings is 3. The second-order valence-corrected chi connectivity index (χ2v) is 11.9. The van der Waals surface area contributed by atoms with Gasteiger partial charge in [-0.1, -0.05) is 91.0 Å². The highest BCUT2D eigenvalue weighted by atomic mass is 35.7. The number of carbonyl (C=O) groups is 1. The van der Waals surface area contributed by atoms with Gasteiger partial charge in [-0.2, -0.15) is 0 Å². The molecule has 0 N–H and O–H groups in total. The summed E-state index contributed by atoms with van der Waals surface area (Å²) in [6.07, 6.45) is -5.23. The molecule has 0 amide bonds. The van der Waals surface area contributed by atoms with E-state index in [-0.39, 0.29) is 19.8 Å². The number of esters is 1. The zero-order valence-electron chi connectivity index (χ0n) is 21.4. The van der Waals surface area contributed by atoms with Crippen LogP contribution in [0.4, 0.5) is 0 Å². The lowest BCUT2D eigenvalue weighted by Gasteiger charge is -2.45. The summed E-state index contributed by atoms with van der Waals surface area (Å²) in [5.41, 5.74) is 2.61. The van der Waals surface area contributed by atoms with Crippen molar-refractivity contribution >= 4 is 25.7 Å². The average Bonchev–Trinajstić information content (AvgIpc) is 2.95. The molecule has 2 unspecified atom stereocenters. The van der Waals surface area contributed by atoms with Gasteiger partial charge in [0.2, 0.25) is 9.05 Å². The molecule has 0 radical (unpaired) electrons. The summed E-state index contributed by atoms with van der Waals surface area (Å²) in [7, 11) is 2.84. The highest BCUT2D eigenvalue weighted by Crippen LogP contribution is 2.32. The van der Waals surface area contributed by atoms with Crippen LogP contribution in [0.3, 0.4) is 0 Å². The number of ether oxygens (including phenoxy) is 5. The SMILES string of the molecule is COC(=O)C1O[C@@H](CS(=O)(=O)Cl)C(OCc2ccccc2)[C@@H](OCc2ccccc2)[C@H]1OCc1ccccc1. The van der Waals surface area contributed by atoms with Crippen molar-refractivity contribution < 1.29 is 36.9 Å². The lowest BCUT2D eigenvalue weighted by molar-refractivity contribution is -0.261. The number of hydrogen-bond donors (Lipinski definition) is 0. The topological polar surface area (TPSA) is 97.4 Å². The number of hydrogen-bond acceptors (Lipinski definition) is 8. The first-order valence-electron chi connectivity index (χ1n) is 12.5. The Labute approximate surface area is 233 Å². The molecular weight excluding hydrogens is 544 g/mol. The Morgan fingerprint density at radius 2 is 1.13 bits per heavy atom. The van der Waals surface area contributed by atoms with E-state index in [0.29, 0.717) is 0 Å². The first-order valence-corrected chi connectivity index (χ1v) is 14.9. The Balaban J connectivity index is 1.69. The van der Waals surface area contributed by atoms with Gasteiger partial charge in [0.05, 0.1) is 32.7 Å². The van der Waals surface area contributed by atoms with Gasteiger partial charge in [0.15, 0.2) is 6.10 Å². The molecule has 10 heteroatoms. The Morgan fingerprint density at radius 3 is 1.54 bits per heavy atom. The van der Waals surface area contributed by atoms with Crippen LogP contribution in [0, 0.1) is 0 Å². The highest BCUT2D eigenvalue weighted by Gasteiger charge is 2.52. The van der Waals surface area contributed by atoms with Crippen LogP contribution in [0.15, 0.2) is 91.0 Å². The van der Waals surface area contributed by atoms with Crippen LogP contribution in [-0.4, -0.2) is 57.8 Å². The van der Waals surface area contributed by atoms with Gasteiger partial charge < -0.3 is 23.7 Å². The predicted octanol–water partition coefficient (Wildman–Crippen LogP) is 4.25. The van der Waals surface area contributed by atoms with Gasteiger partial charge in [0.1, 0.15) is 24.4 Å². The predicted molar refractivity (Wildman–Crippen MR) is 145 cm³/mol. The van der Waals surface area contributed by atoms with E-state index < -0.39 is 51.3 Å². The van der Waals surface area contributed by atoms with Gasteiger partial charge in [-0.15, -0.1) is 0 Å². The monoisotopic (exact) mass is 574 g/mol. The Hall–Kier alpha value is -2.79. The van der Waals surface area contributed by atoms with Crippen LogP contribution in [0.25, 0.3) is 0 Å². The average molecular weight is 575 g/mol. The molecule has 39 heavy (non-hydrogen) atoms. The molecule has 1 heterocycles. The molecular formula is C29H31ClO8S. The van der Waals surface area contributed by atoms with Crippen molar-refractivity contribution in [1.82, 2.24) is 0 Å². The molecule has 1 fully saturated rings. The Bertz CT molecular complexity index is 1270. The van der Waals surface area contributed by atoms with Crippen LogP contribution in [0.1, 0.15) is 16.7 Å². The van der Waals surface area contributed by atoms with E-state index in [4.69, 9.17) is 34.4 Å². The summed E-state index contributed by atoms with van der Waals surface area (Å²) in [5.74, 6) is -1.32. The van der Waals surface area contributed by atoms with Crippen LogP contribution >= 0.6 is 10.7 Å². The summed E-state index contributed by atoms with van der Waals surface area (Å²) in [5, 5.41) is 0. The van der Waals surface area contributed by atoms with Crippen molar-refractivity contribution in [3.63, 3.8) is 0 Å². The van der Waals surface area contributed by atoms with Crippen molar-refractivity contribution in [1.29, 1.82) is 0 Å². The zero-order valence-corrected chi connectivity index (χ0v) is 23.0. The molecule has 3 aromatic carbocycles. The molecule has 0 saturated carbocycles. The highest BCUT2D eigenvalue weighted by molar-refractivity contribution is 8.13. The van der Waals surface area contributed by atoms with Gasteiger partial charge in [-0.3, -0.25) is 0 Å². The van der Waals surface area contributed by atoms with E-state index in [1.807, 2.05) is 91.0 Å². The number of rotatable bonds is 12. The van der Waals surface area contributed by atoms with Gasteiger partial charge in [-0.05, 0) is 16.7 Å². The molecule has 0 aliphatic carbocycles. The van der Waals surface area contributed by atoms with Crippen molar-refractivity contribution in [3.8, 4) is 0 Å². The third kappa shape index (κ3) is 8.60. The standard InChI is InChI=1S/C29H31ClO8S/c1-34-29(31)28-27(37-19-23-15-9-4-10-16-23)26(36-18-22-13-7-3-8-14-22)25(24(38-28)20-39(30,32)33)35-17-21-11-5-2-6-12-21/h2-16,24-28H,17-20H2,1H3/t24-,25?,26+,27+,28?/m0/s1. The molecule has 0 bridgehead atoms. The quantitative estimate of drug-likeness (QED) is 0.234. The molecule has 1 aliphatic rings. The second-order valence-electron chi connectivity index (χ2n) is 9.11. The number of halogens is 1. The molecule has 1 aliphatic heterocycles. The summed E-state index contributed by atoms with van der Waals surface area (Å²) in [4.78, 5) is 12.9. The Kier molecular flexibility index (Phi) is 10.5. The molecule has 3 aromatic rings. The molecule has 0 aromatic heterocycles. The maximum absolute atomic E-state index is 12.9. The second kappa shape index (κ2) is 14.0. The number of carbonyl (C=O) groups excluding carboxylic acids is 1. The molecule has 4 rings (SSSR count). The van der Waals surface area contributed by atoms with Crippen LogP contribution in [0.2, 0.25) is 0 Å². The minimum Gasteiger partial charge on any atom is -0.467 e. The number of methoxy groups -OCH3 is 1. The Morgan fingerprint density at radius 1 is 0.718 bits per heavy atom. The van der Waals surface area contributed by atoms with E-state index >= 15 is 0 Å². The molecule has 0 spiro atoms. The largest absolute Gasteiger partial charge is 0.467 e.